The molecule has 8 heteroatoms. The van der Waals surface area contributed by atoms with Gasteiger partial charge in [-0.3, -0.25) is 0 Å². The third kappa shape index (κ3) is 2.88. The highest BCUT2D eigenvalue weighted by molar-refractivity contribution is 7.71. The number of aromatic amines is 1. The zero-order chi connectivity index (χ0) is 18.5. The number of aromatic nitrogens is 4. The lowest BCUT2D eigenvalue weighted by Gasteiger charge is -2.32. The molecule has 6 nitrogen and oxygen atoms in total. The standard InChI is InChI=1S/C18H21BN4O2S/c1-17(2)18(3,4)25-19(24-17)13-7-5-12(6-8-13)9-23-11-22-14-15(23)20-10-21-16(14)26/h5-8,10-11H,9H2,1-4H3,(H,20,21,26). The van der Waals surface area contributed by atoms with Gasteiger partial charge in [0.15, 0.2) is 4.64 Å². The third-order valence-electron chi connectivity index (χ3n) is 5.28. The van der Waals surface area contributed by atoms with Crippen molar-refractivity contribution in [1.29, 1.82) is 0 Å². The fourth-order valence-corrected chi connectivity index (χ4v) is 3.18. The highest BCUT2D eigenvalue weighted by Crippen LogP contribution is 2.36. The Balaban J connectivity index is 1.55. The number of hydrogen-bond acceptors (Lipinski definition) is 5. The Morgan fingerprint density at radius 1 is 1.08 bits per heavy atom. The summed E-state index contributed by atoms with van der Waals surface area (Å²) in [5.41, 5.74) is 3.10. The summed E-state index contributed by atoms with van der Waals surface area (Å²) in [4.78, 5) is 11.5. The summed E-state index contributed by atoms with van der Waals surface area (Å²) < 4.78 is 14.7. The van der Waals surface area contributed by atoms with Crippen molar-refractivity contribution in [2.45, 2.75) is 45.4 Å². The predicted molar refractivity (Wildman–Crippen MR) is 104 cm³/mol. The van der Waals surface area contributed by atoms with Gasteiger partial charge < -0.3 is 18.9 Å². The first-order valence-corrected chi connectivity index (χ1v) is 9.01. The molecule has 3 aromatic rings. The Bertz CT molecular complexity index is 994. The number of fused-ring (bicyclic) bond motifs is 1. The summed E-state index contributed by atoms with van der Waals surface area (Å²) in [5, 5.41) is 0. The molecule has 0 spiro atoms. The highest BCUT2D eigenvalue weighted by Gasteiger charge is 2.51. The molecule has 0 aliphatic carbocycles. The Hall–Kier alpha value is -2.03. The Labute approximate surface area is 157 Å². The van der Waals surface area contributed by atoms with Crippen LogP contribution >= 0.6 is 12.2 Å². The van der Waals surface area contributed by atoms with Gasteiger partial charge in [-0.2, -0.15) is 0 Å². The lowest BCUT2D eigenvalue weighted by molar-refractivity contribution is 0.00578. The molecule has 1 aromatic carbocycles. The normalized spacial score (nSPS) is 18.5. The van der Waals surface area contributed by atoms with E-state index in [0.29, 0.717) is 11.2 Å². The van der Waals surface area contributed by atoms with Gasteiger partial charge in [0.2, 0.25) is 0 Å². The van der Waals surface area contributed by atoms with Crippen molar-refractivity contribution in [2.24, 2.45) is 0 Å². The third-order valence-corrected chi connectivity index (χ3v) is 5.58. The molecule has 0 atom stereocenters. The van der Waals surface area contributed by atoms with Crippen molar-refractivity contribution >= 4 is 36.0 Å². The second kappa shape index (κ2) is 6.01. The lowest BCUT2D eigenvalue weighted by Crippen LogP contribution is -2.41. The van der Waals surface area contributed by atoms with Crippen LogP contribution in [0.25, 0.3) is 11.2 Å². The molecule has 0 amide bonds. The molecular weight excluding hydrogens is 347 g/mol. The first-order chi connectivity index (χ1) is 12.3. The molecule has 3 heterocycles. The van der Waals surface area contributed by atoms with Crippen LogP contribution in [0.3, 0.4) is 0 Å². The van der Waals surface area contributed by atoms with Crippen LogP contribution in [-0.2, 0) is 15.9 Å². The molecule has 134 valence electrons. The van der Waals surface area contributed by atoms with E-state index in [9.17, 15) is 0 Å². The van der Waals surface area contributed by atoms with E-state index in [2.05, 4.69) is 66.9 Å². The zero-order valence-electron chi connectivity index (χ0n) is 15.3. The van der Waals surface area contributed by atoms with Gasteiger partial charge in [-0.15, -0.1) is 0 Å². The summed E-state index contributed by atoms with van der Waals surface area (Å²) >= 11 is 5.21. The average Bonchev–Trinajstić information content (AvgIpc) is 3.08. The van der Waals surface area contributed by atoms with E-state index < -0.39 is 0 Å². The summed E-state index contributed by atoms with van der Waals surface area (Å²) in [7, 11) is -0.342. The molecule has 4 rings (SSSR count). The number of imidazole rings is 1. The maximum Gasteiger partial charge on any atom is 0.494 e. The fourth-order valence-electron chi connectivity index (χ4n) is 2.98. The molecule has 1 fully saturated rings. The van der Waals surface area contributed by atoms with Crippen molar-refractivity contribution in [2.75, 3.05) is 0 Å². The van der Waals surface area contributed by atoms with Gasteiger partial charge in [0.05, 0.1) is 30.4 Å². The van der Waals surface area contributed by atoms with Gasteiger partial charge >= 0.3 is 7.12 Å². The summed E-state index contributed by atoms with van der Waals surface area (Å²) in [6, 6.07) is 8.28. The lowest BCUT2D eigenvalue weighted by atomic mass is 9.79. The van der Waals surface area contributed by atoms with E-state index in [1.54, 1.807) is 12.7 Å². The number of nitrogens with zero attached hydrogens (tertiary/aromatic N) is 3. The first kappa shape index (κ1) is 17.4. The summed E-state index contributed by atoms with van der Waals surface area (Å²) in [5.74, 6) is 0. The second-order valence-corrected chi connectivity index (χ2v) is 7.99. The molecule has 26 heavy (non-hydrogen) atoms. The number of nitrogens with one attached hydrogen (secondary N) is 1. The van der Waals surface area contributed by atoms with Crippen LogP contribution in [0, 0.1) is 4.64 Å². The number of benzene rings is 1. The Morgan fingerprint density at radius 3 is 2.38 bits per heavy atom. The van der Waals surface area contributed by atoms with Gasteiger partial charge in [0.1, 0.15) is 11.2 Å². The minimum absolute atomic E-state index is 0.335. The largest absolute Gasteiger partial charge is 0.494 e. The first-order valence-electron chi connectivity index (χ1n) is 8.60. The maximum absolute atomic E-state index is 6.11. The molecule has 1 N–H and O–H groups in total. The monoisotopic (exact) mass is 368 g/mol. The molecular formula is C18H21BN4O2S. The molecule has 1 aliphatic heterocycles. The molecule has 1 saturated heterocycles. The van der Waals surface area contributed by atoms with E-state index in [1.807, 2.05) is 4.57 Å². The van der Waals surface area contributed by atoms with E-state index >= 15 is 0 Å². The van der Waals surface area contributed by atoms with Gasteiger partial charge in [-0.05, 0) is 38.7 Å². The fraction of sp³-hybridized carbons (Fsp3) is 0.389. The van der Waals surface area contributed by atoms with Crippen LogP contribution < -0.4 is 5.46 Å². The predicted octanol–water partition coefficient (Wildman–Crippen LogP) is 2.84. The van der Waals surface area contributed by atoms with E-state index in [1.165, 1.54) is 0 Å². The van der Waals surface area contributed by atoms with Crippen LogP contribution in [-0.4, -0.2) is 37.8 Å². The van der Waals surface area contributed by atoms with Crippen molar-refractivity contribution in [3.8, 4) is 0 Å². The van der Waals surface area contributed by atoms with Crippen LogP contribution in [0.5, 0.6) is 0 Å². The van der Waals surface area contributed by atoms with Crippen LogP contribution in [0.4, 0.5) is 0 Å². The van der Waals surface area contributed by atoms with Gasteiger partial charge in [-0.1, -0.05) is 36.5 Å². The van der Waals surface area contributed by atoms with Crippen molar-refractivity contribution in [3.63, 3.8) is 0 Å². The number of H-pyrrole nitrogens is 1. The quantitative estimate of drug-likeness (QED) is 0.569. The Morgan fingerprint density at radius 2 is 1.73 bits per heavy atom. The minimum Gasteiger partial charge on any atom is -0.399 e. The molecule has 0 bridgehead atoms. The van der Waals surface area contributed by atoms with Crippen LogP contribution in [0.2, 0.25) is 0 Å². The van der Waals surface area contributed by atoms with Crippen molar-refractivity contribution < 1.29 is 9.31 Å². The number of rotatable bonds is 3. The zero-order valence-corrected chi connectivity index (χ0v) is 16.1. The average molecular weight is 368 g/mol. The van der Waals surface area contributed by atoms with Crippen molar-refractivity contribution in [1.82, 2.24) is 19.5 Å². The molecule has 2 aromatic heterocycles. The van der Waals surface area contributed by atoms with Gasteiger partial charge in [0, 0.05) is 0 Å². The van der Waals surface area contributed by atoms with E-state index in [0.717, 1.165) is 22.2 Å². The van der Waals surface area contributed by atoms with Gasteiger partial charge in [-0.25, -0.2) is 9.97 Å². The molecule has 1 aliphatic rings. The van der Waals surface area contributed by atoms with Crippen molar-refractivity contribution in [3.05, 3.63) is 47.1 Å². The topological polar surface area (TPSA) is 65.0 Å². The maximum atomic E-state index is 6.11. The smallest absolute Gasteiger partial charge is 0.399 e. The van der Waals surface area contributed by atoms with Crippen LogP contribution in [0.1, 0.15) is 33.3 Å². The summed E-state index contributed by atoms with van der Waals surface area (Å²) in [6.45, 7) is 8.93. The second-order valence-electron chi connectivity index (χ2n) is 7.61. The SMILES string of the molecule is CC1(C)OB(c2ccc(Cn3cnc4c(=S)nc[nH]c43)cc2)OC1(C)C. The molecule has 0 saturated carbocycles. The van der Waals surface area contributed by atoms with Gasteiger partial charge in [0.25, 0.3) is 0 Å². The Kier molecular flexibility index (Phi) is 4.02. The number of hydrogen-bond donors (Lipinski definition) is 1. The summed E-state index contributed by atoms with van der Waals surface area (Å²) in [6.07, 6.45) is 3.38. The molecule has 0 radical (unpaired) electrons. The van der Waals surface area contributed by atoms with Crippen LogP contribution in [0.15, 0.2) is 36.9 Å². The molecule has 0 unspecified atom stereocenters. The van der Waals surface area contributed by atoms with E-state index in [-0.39, 0.29) is 18.3 Å². The van der Waals surface area contributed by atoms with E-state index in [4.69, 9.17) is 21.5 Å². The highest BCUT2D eigenvalue weighted by atomic mass is 32.1. The minimum atomic E-state index is -0.342.